The Hall–Kier alpha value is -2.81. The summed E-state index contributed by atoms with van der Waals surface area (Å²) in [6.45, 7) is 5.88. The minimum Gasteiger partial charge on any atom is -0.377 e. The monoisotopic (exact) mass is 511 g/mol. The van der Waals surface area contributed by atoms with Crippen molar-refractivity contribution in [3.8, 4) is 0 Å². The highest BCUT2D eigenvalue weighted by Crippen LogP contribution is 2.42. The van der Waals surface area contributed by atoms with Gasteiger partial charge in [-0.25, -0.2) is 28.7 Å². The topological polar surface area (TPSA) is 82.8 Å². The van der Waals surface area contributed by atoms with Gasteiger partial charge in [0, 0.05) is 50.1 Å². The summed E-state index contributed by atoms with van der Waals surface area (Å²) in [4.78, 5) is 31.6. The zero-order chi connectivity index (χ0) is 26.3. The average Bonchev–Trinajstić information content (AvgIpc) is 3.71. The quantitative estimate of drug-likeness (QED) is 0.364. The molecule has 2 saturated carbocycles. The maximum atomic E-state index is 13.9. The van der Waals surface area contributed by atoms with Crippen LogP contribution in [-0.4, -0.2) is 37.5 Å². The van der Waals surface area contributed by atoms with E-state index in [1.165, 1.54) is 0 Å². The van der Waals surface area contributed by atoms with E-state index in [0.29, 0.717) is 36.3 Å². The Labute approximate surface area is 215 Å². The Morgan fingerprint density at radius 1 is 1.05 bits per heavy atom. The number of fused-ring (bicyclic) bond motifs is 1. The van der Waals surface area contributed by atoms with E-state index in [2.05, 4.69) is 6.92 Å². The molecular weight excluding hydrogens is 476 g/mol. The predicted octanol–water partition coefficient (Wildman–Crippen LogP) is 6.10. The number of aromatic nitrogens is 5. The van der Waals surface area contributed by atoms with E-state index >= 15 is 0 Å². The van der Waals surface area contributed by atoms with Crippen LogP contribution < -0.4 is 5.56 Å². The summed E-state index contributed by atoms with van der Waals surface area (Å²) in [6, 6.07) is 3.74. The molecule has 0 radical (unpaired) electrons. The number of methoxy groups -OCH3 is 1. The van der Waals surface area contributed by atoms with Gasteiger partial charge < -0.3 is 9.30 Å². The molecule has 0 aromatic carbocycles. The Bertz CT molecular complexity index is 1340. The molecule has 37 heavy (non-hydrogen) atoms. The third-order valence-corrected chi connectivity index (χ3v) is 8.00. The Kier molecular flexibility index (Phi) is 7.09. The largest absolute Gasteiger partial charge is 0.377 e. The van der Waals surface area contributed by atoms with Crippen LogP contribution in [0.3, 0.4) is 0 Å². The average molecular weight is 512 g/mol. The molecule has 9 heteroatoms. The van der Waals surface area contributed by atoms with Crippen LogP contribution >= 0.6 is 0 Å². The lowest BCUT2D eigenvalue weighted by molar-refractivity contribution is -0.0384. The lowest BCUT2D eigenvalue weighted by Gasteiger charge is -2.29. The Balaban J connectivity index is 1.50. The molecule has 0 N–H and O–H groups in total. The second-order valence-electron chi connectivity index (χ2n) is 10.7. The molecule has 3 heterocycles. The third-order valence-electron chi connectivity index (χ3n) is 8.00. The zero-order valence-corrected chi connectivity index (χ0v) is 22.0. The van der Waals surface area contributed by atoms with Crippen molar-refractivity contribution in [1.82, 2.24) is 24.5 Å². The van der Waals surface area contributed by atoms with E-state index in [0.717, 1.165) is 41.9 Å². The van der Waals surface area contributed by atoms with E-state index in [-0.39, 0.29) is 42.4 Å². The van der Waals surface area contributed by atoms with Gasteiger partial charge in [0.2, 0.25) is 5.92 Å². The first kappa shape index (κ1) is 25.8. The maximum Gasteiger partial charge on any atom is 0.250 e. The SMILES string of the molecule is CCC(CC(OC)c1ccc(=O)n(C2CC2)c1)c1nc(C2CCC(F)(F)CC2)c2nc(C)c(C)nc2n1. The van der Waals surface area contributed by atoms with Gasteiger partial charge in [-0.1, -0.05) is 6.92 Å². The van der Waals surface area contributed by atoms with Crippen LogP contribution in [0.2, 0.25) is 0 Å². The van der Waals surface area contributed by atoms with Crippen molar-refractivity contribution in [2.75, 3.05) is 7.11 Å². The van der Waals surface area contributed by atoms with E-state index in [9.17, 15) is 13.6 Å². The molecule has 198 valence electrons. The standard InChI is InChI=1S/C28H35F2N5O2/c1-5-18(14-22(37-4)20-6-9-23(36)35(15-20)21-7-8-21)26-33-24(19-10-12-28(29,30)13-11-19)25-27(34-26)32-17(3)16(2)31-25/h6,9,15,18-19,21-22H,5,7-8,10-14H2,1-4H3. The molecule has 0 saturated heterocycles. The molecule has 0 bridgehead atoms. The molecule has 2 unspecified atom stereocenters. The number of alkyl halides is 2. The van der Waals surface area contributed by atoms with E-state index < -0.39 is 5.92 Å². The summed E-state index contributed by atoms with van der Waals surface area (Å²) in [5.74, 6) is -2.10. The number of rotatable bonds is 8. The lowest BCUT2D eigenvalue weighted by atomic mass is 9.84. The normalized spacial score (nSPS) is 19.7. The second kappa shape index (κ2) is 10.2. The van der Waals surface area contributed by atoms with Gasteiger partial charge in [0.25, 0.3) is 5.56 Å². The Morgan fingerprint density at radius 2 is 1.76 bits per heavy atom. The van der Waals surface area contributed by atoms with Crippen LogP contribution in [0.1, 0.15) is 111 Å². The minimum atomic E-state index is -2.62. The summed E-state index contributed by atoms with van der Waals surface area (Å²) in [5.41, 5.74) is 4.44. The summed E-state index contributed by atoms with van der Waals surface area (Å²) in [6.07, 6.45) is 5.59. The minimum absolute atomic E-state index is 0.0120. The van der Waals surface area contributed by atoms with Gasteiger partial charge in [-0.3, -0.25) is 4.79 Å². The van der Waals surface area contributed by atoms with E-state index in [1.54, 1.807) is 13.2 Å². The third kappa shape index (κ3) is 5.42. The number of hydrogen-bond donors (Lipinski definition) is 0. The molecule has 5 rings (SSSR count). The van der Waals surface area contributed by atoms with E-state index in [1.807, 2.05) is 30.7 Å². The number of halogens is 2. The van der Waals surface area contributed by atoms with Gasteiger partial charge >= 0.3 is 0 Å². The molecule has 0 amide bonds. The molecule has 0 spiro atoms. The fourth-order valence-corrected chi connectivity index (χ4v) is 5.36. The second-order valence-corrected chi connectivity index (χ2v) is 10.7. The fraction of sp³-hybridized carbons (Fsp3) is 0.607. The van der Waals surface area contributed by atoms with Gasteiger partial charge in [0.15, 0.2) is 5.65 Å². The zero-order valence-electron chi connectivity index (χ0n) is 22.0. The predicted molar refractivity (Wildman–Crippen MR) is 137 cm³/mol. The fourth-order valence-electron chi connectivity index (χ4n) is 5.36. The summed E-state index contributed by atoms with van der Waals surface area (Å²) >= 11 is 0. The first-order valence-electron chi connectivity index (χ1n) is 13.3. The van der Waals surface area contributed by atoms with Crippen molar-refractivity contribution in [2.24, 2.45) is 0 Å². The summed E-state index contributed by atoms with van der Waals surface area (Å²) in [5, 5.41) is 0. The molecule has 2 atom stereocenters. The highest BCUT2D eigenvalue weighted by molar-refractivity contribution is 5.73. The van der Waals surface area contributed by atoms with Gasteiger partial charge in [-0.2, -0.15) is 0 Å². The molecular formula is C28H35F2N5O2. The van der Waals surface area contributed by atoms with Crippen LogP contribution in [0.25, 0.3) is 11.2 Å². The Morgan fingerprint density at radius 3 is 2.41 bits per heavy atom. The molecule has 3 aromatic heterocycles. The van der Waals surface area contributed by atoms with Crippen molar-refractivity contribution >= 4 is 11.2 Å². The van der Waals surface area contributed by atoms with Gasteiger partial charge in [0.05, 0.1) is 23.2 Å². The summed E-state index contributed by atoms with van der Waals surface area (Å²) in [7, 11) is 1.68. The van der Waals surface area contributed by atoms with Crippen molar-refractivity contribution in [3.63, 3.8) is 0 Å². The molecule has 2 fully saturated rings. The van der Waals surface area contributed by atoms with Crippen LogP contribution in [-0.2, 0) is 4.74 Å². The van der Waals surface area contributed by atoms with E-state index in [4.69, 9.17) is 24.7 Å². The number of nitrogens with zero attached hydrogens (tertiary/aromatic N) is 5. The van der Waals surface area contributed by atoms with Crippen molar-refractivity contribution in [3.05, 3.63) is 57.2 Å². The number of pyridine rings is 1. The molecule has 0 aliphatic heterocycles. The summed E-state index contributed by atoms with van der Waals surface area (Å²) < 4.78 is 35.6. The maximum absolute atomic E-state index is 13.9. The van der Waals surface area contributed by atoms with Crippen LogP contribution in [0.5, 0.6) is 0 Å². The first-order chi connectivity index (χ1) is 17.7. The first-order valence-corrected chi connectivity index (χ1v) is 13.3. The number of hydrogen-bond acceptors (Lipinski definition) is 6. The van der Waals surface area contributed by atoms with Crippen LogP contribution in [0.4, 0.5) is 8.78 Å². The van der Waals surface area contributed by atoms with Gasteiger partial charge in [-0.05, 0) is 64.0 Å². The number of ether oxygens (including phenoxy) is 1. The van der Waals surface area contributed by atoms with Crippen LogP contribution in [0.15, 0.2) is 23.1 Å². The lowest BCUT2D eigenvalue weighted by Crippen LogP contribution is -2.25. The molecule has 3 aromatic rings. The van der Waals surface area contributed by atoms with Gasteiger partial charge in [0.1, 0.15) is 11.3 Å². The molecule has 2 aliphatic rings. The van der Waals surface area contributed by atoms with Crippen molar-refractivity contribution in [1.29, 1.82) is 0 Å². The van der Waals surface area contributed by atoms with Crippen molar-refractivity contribution < 1.29 is 13.5 Å². The van der Waals surface area contributed by atoms with Gasteiger partial charge in [-0.15, -0.1) is 0 Å². The highest BCUT2D eigenvalue weighted by atomic mass is 19.3. The highest BCUT2D eigenvalue weighted by Gasteiger charge is 2.37. The molecule has 7 nitrogen and oxygen atoms in total. The van der Waals surface area contributed by atoms with Crippen molar-refractivity contribution in [2.45, 2.75) is 102 Å². The smallest absolute Gasteiger partial charge is 0.250 e. The number of aryl methyl sites for hydroxylation is 2. The molecule has 2 aliphatic carbocycles. The van der Waals surface area contributed by atoms with Crippen LogP contribution in [0, 0.1) is 13.8 Å².